The summed E-state index contributed by atoms with van der Waals surface area (Å²) in [5, 5.41) is 0. The van der Waals surface area contributed by atoms with Crippen molar-refractivity contribution in [1.82, 2.24) is 0 Å². The summed E-state index contributed by atoms with van der Waals surface area (Å²) in [6.45, 7) is 18.4. The van der Waals surface area contributed by atoms with Crippen molar-refractivity contribution >= 4 is 12.6 Å². The van der Waals surface area contributed by atoms with Gasteiger partial charge in [-0.1, -0.05) is 78.2 Å². The third-order valence-electron chi connectivity index (χ3n) is 4.94. The summed E-state index contributed by atoms with van der Waals surface area (Å²) in [6.07, 6.45) is 17.6. The van der Waals surface area contributed by atoms with E-state index in [1.54, 1.807) is 0 Å². The van der Waals surface area contributed by atoms with Crippen molar-refractivity contribution < 1.29 is 4.74 Å². The van der Waals surface area contributed by atoms with Crippen molar-refractivity contribution in [1.29, 1.82) is 0 Å². The lowest BCUT2D eigenvalue weighted by molar-refractivity contribution is 0.218. The zero-order valence-electron chi connectivity index (χ0n) is 17.6. The first-order chi connectivity index (χ1) is 12.4. The molecular formula is C24H42OS. The zero-order chi connectivity index (χ0) is 19.8. The van der Waals surface area contributed by atoms with E-state index in [9.17, 15) is 0 Å². The highest BCUT2D eigenvalue weighted by atomic mass is 32.1. The number of allylic oxidation sites excluding steroid dienone is 3. The Morgan fingerprint density at radius 1 is 1.04 bits per heavy atom. The fraction of sp³-hybridized carbons (Fsp3) is 0.667. The Bertz CT molecular complexity index is 415. The second kappa shape index (κ2) is 16.3. The quantitative estimate of drug-likeness (QED) is 0.165. The molecule has 1 aliphatic carbocycles. The number of rotatable bonds is 11. The highest BCUT2D eigenvalue weighted by Crippen LogP contribution is 2.30. The monoisotopic (exact) mass is 378 g/mol. The number of hydrogen-bond donors (Lipinski definition) is 1. The molecule has 1 aliphatic rings. The van der Waals surface area contributed by atoms with Crippen LogP contribution in [0.4, 0.5) is 0 Å². The van der Waals surface area contributed by atoms with Gasteiger partial charge in [0.15, 0.2) is 0 Å². The molecule has 150 valence electrons. The van der Waals surface area contributed by atoms with Crippen LogP contribution in [0.5, 0.6) is 0 Å². The Balaban J connectivity index is 0.000000896. The van der Waals surface area contributed by atoms with Gasteiger partial charge in [-0.3, -0.25) is 0 Å². The maximum Gasteiger partial charge on any atom is 0.111 e. The van der Waals surface area contributed by atoms with E-state index in [1.807, 2.05) is 6.92 Å². The van der Waals surface area contributed by atoms with E-state index in [2.05, 4.69) is 58.4 Å². The van der Waals surface area contributed by atoms with Gasteiger partial charge in [0.25, 0.3) is 0 Å². The Morgan fingerprint density at radius 2 is 1.62 bits per heavy atom. The number of unbranched alkanes of at least 4 members (excludes halogenated alkanes) is 4. The average Bonchev–Trinajstić information content (AvgIpc) is 2.60. The molecule has 0 unspecified atom stereocenters. The fourth-order valence-corrected chi connectivity index (χ4v) is 2.91. The Morgan fingerprint density at radius 3 is 2.15 bits per heavy atom. The molecule has 0 spiro atoms. The highest BCUT2D eigenvalue weighted by molar-refractivity contribution is 7.84. The molecule has 0 heterocycles. The van der Waals surface area contributed by atoms with Crippen LogP contribution in [0.15, 0.2) is 48.1 Å². The zero-order valence-corrected chi connectivity index (χ0v) is 18.5. The van der Waals surface area contributed by atoms with Gasteiger partial charge < -0.3 is 4.74 Å². The van der Waals surface area contributed by atoms with E-state index < -0.39 is 0 Å². The van der Waals surface area contributed by atoms with E-state index in [4.69, 9.17) is 4.74 Å². The molecule has 0 radical (unpaired) electrons. The molecule has 1 fully saturated rings. The van der Waals surface area contributed by atoms with Gasteiger partial charge in [-0.15, -0.1) is 12.6 Å². The van der Waals surface area contributed by atoms with Gasteiger partial charge >= 0.3 is 0 Å². The van der Waals surface area contributed by atoms with E-state index in [-0.39, 0.29) is 0 Å². The maximum atomic E-state index is 5.65. The topological polar surface area (TPSA) is 9.23 Å². The minimum Gasteiger partial charge on any atom is -0.494 e. The molecule has 26 heavy (non-hydrogen) atoms. The molecule has 0 aliphatic heterocycles. The van der Waals surface area contributed by atoms with E-state index in [0.29, 0.717) is 0 Å². The number of thiol groups is 1. The molecule has 0 N–H and O–H groups in total. The smallest absolute Gasteiger partial charge is 0.111 e. The van der Waals surface area contributed by atoms with Crippen molar-refractivity contribution in [3.63, 3.8) is 0 Å². The van der Waals surface area contributed by atoms with Gasteiger partial charge in [0.2, 0.25) is 0 Å². The van der Waals surface area contributed by atoms with Crippen molar-refractivity contribution in [2.75, 3.05) is 6.61 Å². The van der Waals surface area contributed by atoms with Gasteiger partial charge in [0.1, 0.15) is 5.76 Å². The molecule has 0 aromatic heterocycles. The molecule has 1 rings (SSSR count). The fourth-order valence-electron chi connectivity index (χ4n) is 2.91. The summed E-state index contributed by atoms with van der Waals surface area (Å²) in [7, 11) is 0. The van der Waals surface area contributed by atoms with Crippen molar-refractivity contribution in [3.05, 3.63) is 48.1 Å². The third kappa shape index (κ3) is 15.4. The maximum absolute atomic E-state index is 5.65. The largest absolute Gasteiger partial charge is 0.494 e. The second-order valence-corrected chi connectivity index (χ2v) is 8.26. The molecule has 0 aromatic rings. The van der Waals surface area contributed by atoms with Gasteiger partial charge in [-0.05, 0) is 61.0 Å². The average molecular weight is 379 g/mol. The molecule has 1 saturated carbocycles. The molecular weight excluding hydrogens is 336 g/mol. The first-order valence-electron chi connectivity index (χ1n) is 10.4. The summed E-state index contributed by atoms with van der Waals surface area (Å²) >= 11 is 3.90. The lowest BCUT2D eigenvalue weighted by Gasteiger charge is -2.25. The minimum absolute atomic E-state index is 0.759. The summed E-state index contributed by atoms with van der Waals surface area (Å²) in [6, 6.07) is 0. The van der Waals surface area contributed by atoms with Crippen LogP contribution in [-0.4, -0.2) is 6.61 Å². The lowest BCUT2D eigenvalue weighted by atomic mass is 9.81. The molecule has 0 aromatic carbocycles. The van der Waals surface area contributed by atoms with E-state index in [1.165, 1.54) is 57.8 Å². The van der Waals surface area contributed by atoms with E-state index >= 15 is 0 Å². The molecule has 1 nitrogen and oxygen atoms in total. The summed E-state index contributed by atoms with van der Waals surface area (Å²) in [5.41, 5.74) is 0.929. The van der Waals surface area contributed by atoms with Gasteiger partial charge in [0.05, 0.1) is 6.61 Å². The Kier molecular flexibility index (Phi) is 15.7. The predicted molar refractivity (Wildman–Crippen MR) is 122 cm³/mol. The SMILES string of the molecule is C=C(/C=C\CC1CCC(C)CC1)OCCCCCCC.C=C(C)C(=C)S. The van der Waals surface area contributed by atoms with Crippen LogP contribution < -0.4 is 0 Å². The first-order valence-corrected chi connectivity index (χ1v) is 10.8. The normalized spacial score (nSPS) is 19.5. The van der Waals surface area contributed by atoms with Gasteiger partial charge in [-0.25, -0.2) is 0 Å². The van der Waals surface area contributed by atoms with Gasteiger partial charge in [0, 0.05) is 0 Å². The van der Waals surface area contributed by atoms with Crippen molar-refractivity contribution in [3.8, 4) is 0 Å². The van der Waals surface area contributed by atoms with Crippen LogP contribution in [0.2, 0.25) is 0 Å². The number of ether oxygens (including phenoxy) is 1. The third-order valence-corrected chi connectivity index (χ3v) is 5.32. The molecule has 0 atom stereocenters. The lowest BCUT2D eigenvalue weighted by Crippen LogP contribution is -2.11. The Labute approximate surface area is 169 Å². The van der Waals surface area contributed by atoms with Gasteiger partial charge in [-0.2, -0.15) is 0 Å². The van der Waals surface area contributed by atoms with Crippen molar-refractivity contribution in [2.45, 2.75) is 85.0 Å². The molecule has 0 saturated heterocycles. The summed E-state index contributed by atoms with van der Waals surface area (Å²) < 4.78 is 5.65. The summed E-state index contributed by atoms with van der Waals surface area (Å²) in [4.78, 5) is 0.759. The second-order valence-electron chi connectivity index (χ2n) is 7.72. The predicted octanol–water partition coefficient (Wildman–Crippen LogP) is 8.27. The van der Waals surface area contributed by atoms with Crippen LogP contribution in [0, 0.1) is 11.8 Å². The minimum atomic E-state index is 0.759. The van der Waals surface area contributed by atoms with Crippen LogP contribution in [0.25, 0.3) is 0 Å². The highest BCUT2D eigenvalue weighted by Gasteiger charge is 2.16. The molecule has 2 heteroatoms. The first kappa shape index (κ1) is 25.1. The van der Waals surface area contributed by atoms with E-state index in [0.717, 1.165) is 41.1 Å². The Hall–Kier alpha value is -0.890. The standard InChI is InChI=1S/C19H34O.C5H8S/c1-4-5-6-7-8-16-20-18(3)10-9-11-19-14-12-17(2)13-15-19;1-4(2)5(3)6/h9-10,17,19H,3-8,11-16H2,1-2H3;6H,1,3H2,2H3/b10-9-;. The van der Waals surface area contributed by atoms with Crippen LogP contribution in [0.1, 0.15) is 85.0 Å². The molecule has 0 bridgehead atoms. The van der Waals surface area contributed by atoms with Crippen molar-refractivity contribution in [2.24, 2.45) is 11.8 Å². The molecule has 0 amide bonds. The van der Waals surface area contributed by atoms with Crippen LogP contribution in [-0.2, 0) is 4.74 Å². The summed E-state index contributed by atoms with van der Waals surface area (Å²) in [5.74, 6) is 2.68. The van der Waals surface area contributed by atoms with Crippen LogP contribution >= 0.6 is 12.6 Å². The number of hydrogen-bond acceptors (Lipinski definition) is 2. The van der Waals surface area contributed by atoms with Crippen LogP contribution in [0.3, 0.4) is 0 Å².